The Balaban J connectivity index is 2.19. The lowest BCUT2D eigenvalue weighted by Crippen LogP contribution is -1.95. The third kappa shape index (κ3) is 1.76. The van der Waals surface area contributed by atoms with E-state index in [0.29, 0.717) is 0 Å². The lowest BCUT2D eigenvalue weighted by atomic mass is 10.0. The largest absolute Gasteiger partial charge is 0.340 e. The second-order valence-corrected chi connectivity index (χ2v) is 5.20. The maximum atomic E-state index is 4.27. The van der Waals surface area contributed by atoms with E-state index in [1.165, 1.54) is 32.9 Å². The van der Waals surface area contributed by atoms with Crippen LogP contribution in [0.1, 0.15) is 6.92 Å². The van der Waals surface area contributed by atoms with Crippen LogP contribution in [0, 0.1) is 0 Å². The number of aryl methyl sites for hydroxylation is 1. The van der Waals surface area contributed by atoms with Gasteiger partial charge in [-0.3, -0.25) is 4.98 Å². The van der Waals surface area contributed by atoms with Crippen molar-refractivity contribution < 1.29 is 0 Å². The number of fused-ring (bicyclic) bond motifs is 3. The Morgan fingerprint density at radius 1 is 0.905 bits per heavy atom. The van der Waals surface area contributed by atoms with Gasteiger partial charge in [0.2, 0.25) is 0 Å². The first-order valence-electron chi connectivity index (χ1n) is 7.30. The summed E-state index contributed by atoms with van der Waals surface area (Å²) in [6, 6.07) is 19.3. The highest BCUT2D eigenvalue weighted by Crippen LogP contribution is 2.35. The molecule has 0 aliphatic rings. The molecule has 2 nitrogen and oxygen atoms in total. The molecule has 0 amide bonds. The number of nitrogens with zero attached hydrogens (tertiary/aromatic N) is 2. The molecule has 0 fully saturated rings. The fraction of sp³-hybridized carbons (Fsp3) is 0.105. The zero-order valence-electron chi connectivity index (χ0n) is 12.0. The van der Waals surface area contributed by atoms with E-state index in [-0.39, 0.29) is 0 Å². The Morgan fingerprint density at radius 2 is 1.76 bits per heavy atom. The average Bonchev–Trinajstić information content (AvgIpc) is 2.89. The zero-order valence-corrected chi connectivity index (χ0v) is 12.0. The van der Waals surface area contributed by atoms with Crippen LogP contribution >= 0.6 is 0 Å². The van der Waals surface area contributed by atoms with Gasteiger partial charge in [-0.2, -0.15) is 0 Å². The summed E-state index contributed by atoms with van der Waals surface area (Å²) in [7, 11) is 0. The number of hydrogen-bond donors (Lipinski definition) is 0. The summed E-state index contributed by atoms with van der Waals surface area (Å²) in [4.78, 5) is 4.27. The molecule has 2 aromatic heterocycles. The molecule has 0 aliphatic heterocycles. The monoisotopic (exact) mass is 272 g/mol. The van der Waals surface area contributed by atoms with E-state index < -0.39 is 0 Å². The van der Waals surface area contributed by atoms with Crippen LogP contribution in [0.4, 0.5) is 0 Å². The van der Waals surface area contributed by atoms with Crippen molar-refractivity contribution >= 4 is 21.8 Å². The molecule has 102 valence electrons. The lowest BCUT2D eigenvalue weighted by molar-refractivity contribution is 0.828. The van der Waals surface area contributed by atoms with E-state index in [2.05, 4.69) is 65.0 Å². The topological polar surface area (TPSA) is 17.8 Å². The molecule has 4 aromatic rings. The van der Waals surface area contributed by atoms with Crippen molar-refractivity contribution in [3.8, 4) is 11.1 Å². The van der Waals surface area contributed by atoms with Crippen LogP contribution in [-0.2, 0) is 6.54 Å². The van der Waals surface area contributed by atoms with Crippen LogP contribution in [0.2, 0.25) is 0 Å². The van der Waals surface area contributed by atoms with Gasteiger partial charge in [-0.15, -0.1) is 0 Å². The highest BCUT2D eigenvalue weighted by Gasteiger charge is 2.13. The van der Waals surface area contributed by atoms with Gasteiger partial charge in [0, 0.05) is 46.4 Å². The van der Waals surface area contributed by atoms with E-state index in [9.17, 15) is 0 Å². The van der Waals surface area contributed by atoms with Crippen molar-refractivity contribution in [1.82, 2.24) is 9.55 Å². The Labute approximate surface area is 123 Å². The van der Waals surface area contributed by atoms with Crippen molar-refractivity contribution in [1.29, 1.82) is 0 Å². The quantitative estimate of drug-likeness (QED) is 0.508. The molecule has 2 heteroatoms. The van der Waals surface area contributed by atoms with Crippen molar-refractivity contribution in [3.63, 3.8) is 0 Å². The summed E-state index contributed by atoms with van der Waals surface area (Å²) >= 11 is 0. The minimum atomic E-state index is 0.960. The first-order chi connectivity index (χ1) is 10.4. The van der Waals surface area contributed by atoms with Gasteiger partial charge >= 0.3 is 0 Å². The van der Waals surface area contributed by atoms with Crippen LogP contribution in [-0.4, -0.2) is 9.55 Å². The molecule has 2 heterocycles. The molecule has 0 saturated carbocycles. The van der Waals surface area contributed by atoms with Gasteiger partial charge in [0.05, 0.1) is 5.52 Å². The lowest BCUT2D eigenvalue weighted by Gasteiger charge is -2.08. The predicted octanol–water partition coefficient (Wildman–Crippen LogP) is 4.88. The van der Waals surface area contributed by atoms with Crippen LogP contribution in [0.25, 0.3) is 32.9 Å². The summed E-state index contributed by atoms with van der Waals surface area (Å²) in [6.07, 6.45) is 3.76. The van der Waals surface area contributed by atoms with Gasteiger partial charge in [-0.25, -0.2) is 0 Å². The Bertz CT molecular complexity index is 920. The van der Waals surface area contributed by atoms with Crippen molar-refractivity contribution in [3.05, 3.63) is 67.0 Å². The Morgan fingerprint density at radius 3 is 2.57 bits per heavy atom. The maximum absolute atomic E-state index is 4.27. The molecule has 0 bridgehead atoms. The second-order valence-electron chi connectivity index (χ2n) is 5.20. The number of benzene rings is 2. The van der Waals surface area contributed by atoms with Crippen LogP contribution < -0.4 is 0 Å². The van der Waals surface area contributed by atoms with E-state index in [0.717, 1.165) is 6.54 Å². The zero-order chi connectivity index (χ0) is 14.2. The van der Waals surface area contributed by atoms with E-state index >= 15 is 0 Å². The molecular weight excluding hydrogens is 256 g/mol. The van der Waals surface area contributed by atoms with Crippen LogP contribution in [0.15, 0.2) is 67.0 Å². The molecular formula is C19H16N2. The van der Waals surface area contributed by atoms with Gasteiger partial charge in [0.15, 0.2) is 0 Å². The molecule has 0 aliphatic carbocycles. The molecule has 2 aromatic carbocycles. The summed E-state index contributed by atoms with van der Waals surface area (Å²) in [5.41, 5.74) is 5.01. The highest BCUT2D eigenvalue weighted by molar-refractivity contribution is 6.12. The van der Waals surface area contributed by atoms with Gasteiger partial charge < -0.3 is 4.57 Å². The molecule has 0 radical (unpaired) electrons. The molecule has 21 heavy (non-hydrogen) atoms. The van der Waals surface area contributed by atoms with Gasteiger partial charge in [0.1, 0.15) is 0 Å². The Hall–Kier alpha value is -2.61. The molecule has 4 rings (SSSR count). The first kappa shape index (κ1) is 12.2. The predicted molar refractivity (Wildman–Crippen MR) is 88.3 cm³/mol. The summed E-state index contributed by atoms with van der Waals surface area (Å²) < 4.78 is 2.40. The molecule has 0 atom stereocenters. The fourth-order valence-electron chi connectivity index (χ4n) is 3.19. The van der Waals surface area contributed by atoms with Crippen molar-refractivity contribution in [2.75, 3.05) is 0 Å². The molecule has 0 spiro atoms. The molecule has 0 unspecified atom stereocenters. The smallest absolute Gasteiger partial charge is 0.0571 e. The van der Waals surface area contributed by atoms with Crippen molar-refractivity contribution in [2.24, 2.45) is 0 Å². The van der Waals surface area contributed by atoms with Crippen LogP contribution in [0.3, 0.4) is 0 Å². The molecule has 0 N–H and O–H groups in total. The number of aromatic nitrogens is 2. The summed E-state index contributed by atoms with van der Waals surface area (Å²) in [6.45, 7) is 3.16. The third-order valence-electron chi connectivity index (χ3n) is 4.08. The fourth-order valence-corrected chi connectivity index (χ4v) is 3.19. The van der Waals surface area contributed by atoms with Gasteiger partial charge in [-0.05, 0) is 19.1 Å². The minimum absolute atomic E-state index is 0.960. The minimum Gasteiger partial charge on any atom is -0.340 e. The van der Waals surface area contributed by atoms with Crippen LogP contribution in [0.5, 0.6) is 0 Å². The van der Waals surface area contributed by atoms with E-state index in [4.69, 9.17) is 0 Å². The third-order valence-corrected chi connectivity index (χ3v) is 4.08. The SMILES string of the molecule is CCn1c2ccccc2c2cccc(-c3cccnc3)c21. The number of pyridine rings is 1. The average molecular weight is 272 g/mol. The summed E-state index contributed by atoms with van der Waals surface area (Å²) in [5, 5.41) is 2.63. The van der Waals surface area contributed by atoms with Gasteiger partial charge in [-0.1, -0.05) is 42.5 Å². The second kappa shape index (κ2) is 4.74. The number of hydrogen-bond acceptors (Lipinski definition) is 1. The molecule has 0 saturated heterocycles. The standard InChI is InChI=1S/C19H16N2/c1-2-21-18-11-4-3-8-16(18)17-10-5-9-15(19(17)21)14-7-6-12-20-13-14/h3-13H,2H2,1H3. The highest BCUT2D eigenvalue weighted by atomic mass is 15.0. The first-order valence-corrected chi connectivity index (χ1v) is 7.30. The van der Waals surface area contributed by atoms with Crippen molar-refractivity contribution in [2.45, 2.75) is 13.5 Å². The van der Waals surface area contributed by atoms with E-state index in [1.807, 2.05) is 18.5 Å². The van der Waals surface area contributed by atoms with Gasteiger partial charge in [0.25, 0.3) is 0 Å². The van der Waals surface area contributed by atoms with E-state index in [1.54, 1.807) is 0 Å². The maximum Gasteiger partial charge on any atom is 0.0571 e. The number of para-hydroxylation sites is 2. The Kier molecular flexibility index (Phi) is 2.74. The number of rotatable bonds is 2. The normalized spacial score (nSPS) is 11.3. The summed E-state index contributed by atoms with van der Waals surface area (Å²) in [5.74, 6) is 0.